The molecule has 2 saturated heterocycles. The van der Waals surface area contributed by atoms with Gasteiger partial charge in [0.2, 0.25) is 17.7 Å². The molecular weight excluding hydrogens is 444 g/mol. The molecule has 4 amide bonds. The van der Waals surface area contributed by atoms with Crippen LogP contribution in [0.1, 0.15) is 31.9 Å². The molecule has 3 aliphatic heterocycles. The number of para-hydroxylation sites is 1. The third-order valence-electron chi connectivity index (χ3n) is 7.70. The van der Waals surface area contributed by atoms with E-state index < -0.39 is 17.4 Å². The highest BCUT2D eigenvalue weighted by molar-refractivity contribution is 6.17. The van der Waals surface area contributed by atoms with Crippen LogP contribution in [-0.4, -0.2) is 59.1 Å². The molecule has 3 aliphatic rings. The van der Waals surface area contributed by atoms with E-state index in [9.17, 15) is 19.2 Å². The zero-order valence-corrected chi connectivity index (χ0v) is 20.2. The van der Waals surface area contributed by atoms with E-state index >= 15 is 0 Å². The predicted octanol–water partition coefficient (Wildman–Crippen LogP) is 1.89. The number of amides is 4. The van der Waals surface area contributed by atoms with E-state index in [4.69, 9.17) is 0 Å². The Labute approximate surface area is 204 Å². The van der Waals surface area contributed by atoms with Gasteiger partial charge in [-0.15, -0.1) is 0 Å². The van der Waals surface area contributed by atoms with Gasteiger partial charge < -0.3 is 9.80 Å². The summed E-state index contributed by atoms with van der Waals surface area (Å²) in [7, 11) is 0. The Hall–Kier alpha value is -3.52. The highest BCUT2D eigenvalue weighted by Crippen LogP contribution is 2.54. The first-order valence-electron chi connectivity index (χ1n) is 12.2. The highest BCUT2D eigenvalue weighted by Gasteiger charge is 2.70. The van der Waals surface area contributed by atoms with Gasteiger partial charge >= 0.3 is 0 Å². The summed E-state index contributed by atoms with van der Waals surface area (Å²) in [6.07, 6.45) is 0. The fourth-order valence-electron chi connectivity index (χ4n) is 6.06. The molecule has 8 heteroatoms. The molecule has 0 radical (unpaired) electrons. The predicted molar refractivity (Wildman–Crippen MR) is 130 cm³/mol. The summed E-state index contributed by atoms with van der Waals surface area (Å²) in [5.74, 6) is -2.62. The van der Waals surface area contributed by atoms with Crippen LogP contribution < -0.4 is 10.2 Å². The van der Waals surface area contributed by atoms with Gasteiger partial charge in [0.05, 0.1) is 18.4 Å². The number of likely N-dealkylation sites (tertiary alicyclic amines) is 1. The molecule has 1 N–H and O–H groups in total. The first-order chi connectivity index (χ1) is 16.8. The fourth-order valence-corrected chi connectivity index (χ4v) is 6.06. The number of hydrogen-bond acceptors (Lipinski definition) is 5. The number of imide groups is 1. The molecule has 2 aromatic carbocycles. The topological polar surface area (TPSA) is 90.0 Å². The molecule has 0 bridgehead atoms. The van der Waals surface area contributed by atoms with Gasteiger partial charge in [-0.05, 0) is 32.4 Å². The van der Waals surface area contributed by atoms with Gasteiger partial charge in [0.25, 0.3) is 5.91 Å². The van der Waals surface area contributed by atoms with Crippen molar-refractivity contribution in [3.8, 4) is 0 Å². The summed E-state index contributed by atoms with van der Waals surface area (Å²) in [6, 6.07) is 16.3. The average Bonchev–Trinajstić information content (AvgIpc) is 3.40. The van der Waals surface area contributed by atoms with E-state index in [1.807, 2.05) is 69.3 Å². The van der Waals surface area contributed by atoms with E-state index in [1.165, 1.54) is 9.80 Å². The van der Waals surface area contributed by atoms with E-state index in [0.717, 1.165) is 5.56 Å². The van der Waals surface area contributed by atoms with Crippen molar-refractivity contribution in [2.75, 3.05) is 24.5 Å². The first-order valence-corrected chi connectivity index (χ1v) is 12.2. The van der Waals surface area contributed by atoms with Crippen LogP contribution in [0.5, 0.6) is 0 Å². The van der Waals surface area contributed by atoms with Crippen molar-refractivity contribution in [3.63, 3.8) is 0 Å². The van der Waals surface area contributed by atoms with Crippen molar-refractivity contribution < 1.29 is 19.2 Å². The molecule has 2 aromatic rings. The van der Waals surface area contributed by atoms with Gasteiger partial charge in [-0.25, -0.2) is 0 Å². The van der Waals surface area contributed by atoms with Gasteiger partial charge in [-0.3, -0.25) is 29.4 Å². The number of benzene rings is 2. The lowest BCUT2D eigenvalue weighted by Gasteiger charge is -2.30. The number of carbonyl (C=O) groups excluding carboxylic acids is 4. The average molecular weight is 475 g/mol. The van der Waals surface area contributed by atoms with Crippen molar-refractivity contribution in [1.29, 1.82) is 0 Å². The molecule has 4 atom stereocenters. The van der Waals surface area contributed by atoms with E-state index in [0.29, 0.717) is 24.3 Å². The van der Waals surface area contributed by atoms with Crippen LogP contribution in [0.4, 0.5) is 5.69 Å². The molecule has 8 nitrogen and oxygen atoms in total. The van der Waals surface area contributed by atoms with Gasteiger partial charge in [-0.1, -0.05) is 48.5 Å². The second-order valence-electron chi connectivity index (χ2n) is 9.47. The van der Waals surface area contributed by atoms with Crippen LogP contribution in [-0.2, 0) is 31.3 Å². The lowest BCUT2D eigenvalue weighted by atomic mass is 9.76. The molecule has 0 unspecified atom stereocenters. The summed E-state index contributed by atoms with van der Waals surface area (Å²) in [4.78, 5) is 58.9. The summed E-state index contributed by atoms with van der Waals surface area (Å²) < 4.78 is 0. The molecule has 1 spiro atoms. The zero-order valence-electron chi connectivity index (χ0n) is 20.2. The molecular formula is C27H30N4O4. The van der Waals surface area contributed by atoms with Gasteiger partial charge in [0.1, 0.15) is 12.1 Å². The molecule has 5 rings (SSSR count). The van der Waals surface area contributed by atoms with Crippen molar-refractivity contribution >= 4 is 29.3 Å². The lowest BCUT2D eigenvalue weighted by molar-refractivity contribution is -0.143. The molecule has 182 valence electrons. The number of carbonyl (C=O) groups is 4. The highest BCUT2D eigenvalue weighted by atomic mass is 16.2. The Morgan fingerprint density at radius 3 is 2.29 bits per heavy atom. The van der Waals surface area contributed by atoms with E-state index in [1.54, 1.807) is 11.0 Å². The van der Waals surface area contributed by atoms with Gasteiger partial charge in [0.15, 0.2) is 0 Å². The summed E-state index contributed by atoms with van der Waals surface area (Å²) in [5.41, 5.74) is 0.746. The van der Waals surface area contributed by atoms with Crippen LogP contribution in [0, 0.1) is 11.8 Å². The first kappa shape index (κ1) is 23.2. The van der Waals surface area contributed by atoms with Crippen molar-refractivity contribution in [2.45, 2.75) is 38.9 Å². The number of nitrogens with one attached hydrogen (secondary N) is 1. The van der Waals surface area contributed by atoms with Crippen molar-refractivity contribution in [2.24, 2.45) is 11.8 Å². The molecule has 2 fully saturated rings. The zero-order chi connectivity index (χ0) is 24.9. The van der Waals surface area contributed by atoms with E-state index in [2.05, 4.69) is 5.32 Å². The van der Waals surface area contributed by atoms with E-state index in [-0.39, 0.29) is 42.8 Å². The lowest BCUT2D eigenvalue weighted by Crippen LogP contribution is -2.55. The van der Waals surface area contributed by atoms with Crippen molar-refractivity contribution in [1.82, 2.24) is 15.1 Å². The minimum absolute atomic E-state index is 0.109. The summed E-state index contributed by atoms with van der Waals surface area (Å²) >= 11 is 0. The maximum Gasteiger partial charge on any atom is 0.253 e. The quantitative estimate of drug-likeness (QED) is 0.646. The number of likely N-dealkylation sites (N-methyl/N-ethyl adjacent to an activating group) is 1. The van der Waals surface area contributed by atoms with Crippen LogP contribution >= 0.6 is 0 Å². The Bertz CT molecular complexity index is 1190. The van der Waals surface area contributed by atoms with Crippen LogP contribution in [0.2, 0.25) is 0 Å². The van der Waals surface area contributed by atoms with Crippen molar-refractivity contribution in [3.05, 3.63) is 65.7 Å². The standard InChI is InChI=1S/C27H30N4O4/c1-4-29(5-2)21(32)16-30-20-14-10-9-13-19(20)27(26(30)35)23-22(17(3)28-27)24(33)31(25(23)34)15-18-11-7-6-8-12-18/h6-14,17,22-23,28H,4-5,15-16H2,1-3H3/t17-,22+,23+,27+/m0/s1. The number of fused-ring (bicyclic) bond motifs is 4. The maximum absolute atomic E-state index is 14.1. The molecule has 0 aromatic heterocycles. The minimum Gasteiger partial charge on any atom is -0.342 e. The molecule has 3 heterocycles. The SMILES string of the molecule is CCN(CC)C(=O)CN1C(=O)[C@@]2(N[C@@H](C)[C@H]3C(=O)N(Cc4ccccc4)C(=O)[C@@H]32)c2ccccc21. The monoisotopic (exact) mass is 474 g/mol. The smallest absolute Gasteiger partial charge is 0.253 e. The summed E-state index contributed by atoms with van der Waals surface area (Å²) in [5, 5.41) is 3.36. The Morgan fingerprint density at radius 1 is 0.943 bits per heavy atom. The number of hydrogen-bond donors (Lipinski definition) is 1. The third kappa shape index (κ3) is 3.31. The second-order valence-corrected chi connectivity index (χ2v) is 9.47. The third-order valence-corrected chi connectivity index (χ3v) is 7.70. The number of anilines is 1. The normalized spacial score (nSPS) is 27.1. The second kappa shape index (κ2) is 8.61. The Kier molecular flexibility index (Phi) is 5.71. The van der Waals surface area contributed by atoms with Gasteiger partial charge in [-0.2, -0.15) is 0 Å². The summed E-state index contributed by atoms with van der Waals surface area (Å²) in [6.45, 7) is 6.81. The molecule has 0 aliphatic carbocycles. The fraction of sp³-hybridized carbons (Fsp3) is 0.407. The van der Waals surface area contributed by atoms with Crippen LogP contribution in [0.25, 0.3) is 0 Å². The molecule has 0 saturated carbocycles. The Balaban J connectivity index is 1.54. The largest absolute Gasteiger partial charge is 0.342 e. The Morgan fingerprint density at radius 2 is 1.60 bits per heavy atom. The van der Waals surface area contributed by atoms with Crippen LogP contribution in [0.15, 0.2) is 54.6 Å². The molecule has 35 heavy (non-hydrogen) atoms. The van der Waals surface area contributed by atoms with Crippen LogP contribution in [0.3, 0.4) is 0 Å². The minimum atomic E-state index is -1.37. The maximum atomic E-state index is 14.1. The number of rotatable bonds is 6. The number of nitrogens with zero attached hydrogens (tertiary/aromatic N) is 3. The van der Waals surface area contributed by atoms with Gasteiger partial charge in [0, 0.05) is 30.4 Å².